The van der Waals surface area contributed by atoms with E-state index in [1.807, 2.05) is 6.07 Å². The molecule has 4 rings (SSSR count). The molecule has 2 aliphatic rings. The maximum atomic E-state index is 9.16. The van der Waals surface area contributed by atoms with Crippen molar-refractivity contribution in [1.82, 2.24) is 15.2 Å². The summed E-state index contributed by atoms with van der Waals surface area (Å²) in [4.78, 5) is 25.3. The van der Waals surface area contributed by atoms with E-state index in [9.17, 15) is 0 Å². The smallest absolute Gasteiger partial charge is 0.245 e. The number of pyridine rings is 1. The molecule has 3 heterocycles. The van der Waals surface area contributed by atoms with Crippen LogP contribution < -0.4 is 14.4 Å². The Morgan fingerprint density at radius 1 is 1.22 bits per heavy atom. The van der Waals surface area contributed by atoms with Gasteiger partial charge >= 0.3 is 0 Å². The molecule has 1 aliphatic carbocycles. The van der Waals surface area contributed by atoms with Crippen molar-refractivity contribution in [3.8, 4) is 11.8 Å². The van der Waals surface area contributed by atoms with Crippen molar-refractivity contribution in [2.24, 2.45) is 5.92 Å². The predicted molar refractivity (Wildman–Crippen MR) is 103 cm³/mol. The van der Waals surface area contributed by atoms with E-state index in [2.05, 4.69) is 15.1 Å². The van der Waals surface area contributed by atoms with Gasteiger partial charge in [0.2, 0.25) is 11.8 Å². The molecule has 0 atom stereocenters. The minimum Gasteiger partial charge on any atom is -0.481 e. The Balaban J connectivity index is 1.60. The molecule has 1 saturated carbocycles. The summed E-state index contributed by atoms with van der Waals surface area (Å²) in [7, 11) is -0.178. The summed E-state index contributed by atoms with van der Waals surface area (Å²) in [5.41, 5.74) is 0. The number of aromatic nitrogens is 3. The molecule has 0 aromatic carbocycles. The van der Waals surface area contributed by atoms with E-state index in [0.29, 0.717) is 23.8 Å². The van der Waals surface area contributed by atoms with Crippen LogP contribution in [-0.2, 0) is 0 Å². The van der Waals surface area contributed by atoms with Crippen LogP contribution in [0, 0.1) is 5.92 Å². The molecule has 0 radical (unpaired) electrons. The number of hydrogen-bond donors (Lipinski definition) is 2. The van der Waals surface area contributed by atoms with Crippen LogP contribution in [-0.4, -0.2) is 57.4 Å². The van der Waals surface area contributed by atoms with Gasteiger partial charge in [0, 0.05) is 30.7 Å². The van der Waals surface area contributed by atoms with Gasteiger partial charge in [0.05, 0.1) is 18.7 Å². The minimum atomic E-state index is -1.79. The van der Waals surface area contributed by atoms with Crippen LogP contribution in [0.3, 0.4) is 0 Å². The van der Waals surface area contributed by atoms with Crippen LogP contribution in [0.25, 0.3) is 10.8 Å². The molecule has 8 nitrogen and oxygen atoms in total. The third-order valence-corrected chi connectivity index (χ3v) is 5.89. The fourth-order valence-electron chi connectivity index (χ4n) is 3.53. The highest BCUT2D eigenvalue weighted by Crippen LogP contribution is 2.38. The van der Waals surface area contributed by atoms with Gasteiger partial charge < -0.3 is 24.2 Å². The van der Waals surface area contributed by atoms with Crippen LogP contribution in [0.15, 0.2) is 12.3 Å². The number of piperidine rings is 1. The maximum absolute atomic E-state index is 9.16. The van der Waals surface area contributed by atoms with E-state index in [-0.39, 0.29) is 6.10 Å². The zero-order chi connectivity index (χ0) is 18.8. The first-order valence-corrected chi connectivity index (χ1v) is 10.8. The van der Waals surface area contributed by atoms with Gasteiger partial charge in [-0.1, -0.05) is 0 Å². The molecular weight excluding hydrogens is 367 g/mol. The summed E-state index contributed by atoms with van der Waals surface area (Å²) in [5, 5.41) is 10.1. The molecule has 0 spiro atoms. The van der Waals surface area contributed by atoms with Crippen LogP contribution in [0.1, 0.15) is 32.1 Å². The van der Waals surface area contributed by atoms with Gasteiger partial charge in [-0.05, 0) is 38.0 Å². The Labute approximate surface area is 159 Å². The van der Waals surface area contributed by atoms with Crippen LogP contribution in [0.4, 0.5) is 5.82 Å². The Kier molecular flexibility index (Phi) is 5.57. The summed E-state index contributed by atoms with van der Waals surface area (Å²) in [6.45, 7) is 1.72. The average molecular weight is 392 g/mol. The second-order valence-electron chi connectivity index (χ2n) is 7.23. The standard InChI is InChI=1S/C18H25N4O4P/c1-25-15-10-13-11-19-21-18(26-14-2-3-14)16(13)17(20-15)22-7-4-12(5-8-22)6-9-27(23)24/h10-12,14,23-24H,2-9H2,1H3. The molecule has 2 N–H and O–H groups in total. The van der Waals surface area contributed by atoms with Gasteiger partial charge in [0.15, 0.2) is 8.38 Å². The summed E-state index contributed by atoms with van der Waals surface area (Å²) in [6.07, 6.45) is 7.43. The Morgan fingerprint density at radius 2 is 2.00 bits per heavy atom. The van der Waals surface area contributed by atoms with E-state index in [1.54, 1.807) is 13.3 Å². The van der Waals surface area contributed by atoms with Gasteiger partial charge in [-0.15, -0.1) is 5.10 Å². The lowest BCUT2D eigenvalue weighted by atomic mass is 9.94. The highest BCUT2D eigenvalue weighted by molar-refractivity contribution is 7.45. The van der Waals surface area contributed by atoms with Crippen molar-refractivity contribution < 1.29 is 19.3 Å². The number of fused-ring (bicyclic) bond motifs is 1. The maximum Gasteiger partial charge on any atom is 0.245 e. The zero-order valence-corrected chi connectivity index (χ0v) is 16.3. The second kappa shape index (κ2) is 8.09. The molecular formula is C18H25N4O4P. The van der Waals surface area contributed by atoms with Crippen LogP contribution >= 0.6 is 8.38 Å². The third kappa shape index (κ3) is 4.39. The first kappa shape index (κ1) is 18.6. The third-order valence-electron chi connectivity index (χ3n) is 5.23. The lowest BCUT2D eigenvalue weighted by Crippen LogP contribution is -2.34. The number of hydrogen-bond acceptors (Lipinski definition) is 8. The van der Waals surface area contributed by atoms with E-state index >= 15 is 0 Å². The molecule has 0 bridgehead atoms. The van der Waals surface area contributed by atoms with Gasteiger partial charge in [0.25, 0.3) is 0 Å². The lowest BCUT2D eigenvalue weighted by Gasteiger charge is -2.33. The first-order chi connectivity index (χ1) is 13.1. The van der Waals surface area contributed by atoms with Gasteiger partial charge in [-0.25, -0.2) is 0 Å². The highest BCUT2D eigenvalue weighted by Gasteiger charge is 2.28. The molecule has 2 fully saturated rings. The molecule has 1 saturated heterocycles. The molecule has 9 heteroatoms. The SMILES string of the molecule is COc1cc2cnnc(OC3CC3)c2c(N2CCC(CCP(O)O)CC2)n1. The Hall–Kier alpha value is -1.76. The number of methoxy groups -OCH3 is 1. The van der Waals surface area contributed by atoms with Crippen molar-refractivity contribution in [1.29, 1.82) is 0 Å². The molecule has 1 aliphatic heterocycles. The topological polar surface area (TPSA) is 101 Å². The van der Waals surface area contributed by atoms with Crippen molar-refractivity contribution in [3.05, 3.63) is 12.3 Å². The average Bonchev–Trinajstić information content (AvgIpc) is 3.50. The largest absolute Gasteiger partial charge is 0.481 e. The van der Waals surface area contributed by atoms with Crippen LogP contribution in [0.2, 0.25) is 0 Å². The fourth-order valence-corrected chi connectivity index (χ4v) is 4.13. The normalized spacial score (nSPS) is 18.3. The van der Waals surface area contributed by atoms with Gasteiger partial charge in [-0.3, -0.25) is 0 Å². The number of ether oxygens (including phenoxy) is 2. The Morgan fingerprint density at radius 3 is 2.67 bits per heavy atom. The summed E-state index contributed by atoms with van der Waals surface area (Å²) in [6, 6.07) is 1.87. The molecule has 146 valence electrons. The molecule has 0 amide bonds. The second-order valence-corrected chi connectivity index (χ2v) is 8.43. The van der Waals surface area contributed by atoms with Gasteiger partial charge in [-0.2, -0.15) is 10.1 Å². The molecule has 0 unspecified atom stereocenters. The van der Waals surface area contributed by atoms with Gasteiger partial charge in [0.1, 0.15) is 11.9 Å². The molecule has 27 heavy (non-hydrogen) atoms. The first-order valence-electron chi connectivity index (χ1n) is 9.41. The van der Waals surface area contributed by atoms with E-state index in [1.165, 1.54) is 0 Å². The summed E-state index contributed by atoms with van der Waals surface area (Å²) >= 11 is 0. The minimum absolute atomic E-state index is 0.234. The highest BCUT2D eigenvalue weighted by atomic mass is 31.2. The number of anilines is 1. The fraction of sp³-hybridized carbons (Fsp3) is 0.611. The van der Waals surface area contributed by atoms with Crippen molar-refractivity contribution >= 4 is 25.0 Å². The predicted octanol–water partition coefficient (Wildman–Crippen LogP) is 2.48. The van der Waals surface area contributed by atoms with Crippen molar-refractivity contribution in [2.45, 2.75) is 38.2 Å². The monoisotopic (exact) mass is 392 g/mol. The Bertz CT molecular complexity index is 794. The number of nitrogens with zero attached hydrogens (tertiary/aromatic N) is 4. The molecule has 2 aromatic heterocycles. The van der Waals surface area contributed by atoms with Crippen LogP contribution in [0.5, 0.6) is 11.8 Å². The molecule has 2 aromatic rings. The van der Waals surface area contributed by atoms with Crippen molar-refractivity contribution in [2.75, 3.05) is 31.3 Å². The lowest BCUT2D eigenvalue weighted by molar-refractivity contribution is 0.291. The van der Waals surface area contributed by atoms with Crippen molar-refractivity contribution in [3.63, 3.8) is 0 Å². The summed E-state index contributed by atoms with van der Waals surface area (Å²) < 4.78 is 11.4. The van der Waals surface area contributed by atoms with E-state index in [4.69, 9.17) is 24.2 Å². The quantitative estimate of drug-likeness (QED) is 0.693. The zero-order valence-electron chi connectivity index (χ0n) is 15.4. The summed E-state index contributed by atoms with van der Waals surface area (Å²) in [5.74, 6) is 2.45. The number of rotatable bonds is 7. The van der Waals surface area contributed by atoms with E-state index < -0.39 is 8.38 Å². The van der Waals surface area contributed by atoms with E-state index in [0.717, 1.165) is 61.8 Å².